The van der Waals surface area contributed by atoms with Gasteiger partial charge in [-0.2, -0.15) is 0 Å². The number of carbonyl (C=O) groups is 1. The highest BCUT2D eigenvalue weighted by Crippen LogP contribution is 2.30. The van der Waals surface area contributed by atoms with Gasteiger partial charge in [0.15, 0.2) is 17.4 Å². The zero-order valence-corrected chi connectivity index (χ0v) is 11.7. The van der Waals surface area contributed by atoms with Crippen LogP contribution in [0.25, 0.3) is 0 Å². The Morgan fingerprint density at radius 2 is 1.78 bits per heavy atom. The normalized spacial score (nSPS) is 13.5. The van der Waals surface area contributed by atoms with E-state index in [4.69, 9.17) is 11.6 Å². The van der Waals surface area contributed by atoms with E-state index in [0.717, 1.165) is 12.1 Å². The van der Waals surface area contributed by atoms with Crippen LogP contribution < -0.4 is 0 Å². The summed E-state index contributed by atoms with van der Waals surface area (Å²) in [5.41, 5.74) is 0.0208. The fraction of sp³-hybridized carbons (Fsp3) is 0.500. The molecule has 1 unspecified atom stereocenters. The summed E-state index contributed by atoms with van der Waals surface area (Å²) in [5, 5.41) is -0.0417. The predicted molar refractivity (Wildman–Crippen MR) is 68.9 cm³/mol. The summed E-state index contributed by atoms with van der Waals surface area (Å²) >= 11 is 5.77. The molecular formula is C14H17ClF2O. The summed E-state index contributed by atoms with van der Waals surface area (Å²) in [6.45, 7) is 8.03. The lowest BCUT2D eigenvalue weighted by atomic mass is 9.78. The van der Waals surface area contributed by atoms with Crippen molar-refractivity contribution in [2.24, 2.45) is 11.3 Å². The zero-order valence-electron chi connectivity index (χ0n) is 11.0. The van der Waals surface area contributed by atoms with Crippen LogP contribution in [-0.2, 0) is 0 Å². The Labute approximate surface area is 111 Å². The van der Waals surface area contributed by atoms with Crippen molar-refractivity contribution in [3.63, 3.8) is 0 Å². The molecule has 0 amide bonds. The molecule has 0 radical (unpaired) electrons. The van der Waals surface area contributed by atoms with Gasteiger partial charge in [0.2, 0.25) is 0 Å². The van der Waals surface area contributed by atoms with Crippen molar-refractivity contribution in [2.45, 2.75) is 34.1 Å². The molecule has 0 aliphatic carbocycles. The molecule has 0 fully saturated rings. The monoisotopic (exact) mass is 274 g/mol. The third kappa shape index (κ3) is 3.52. The van der Waals surface area contributed by atoms with Crippen molar-refractivity contribution < 1.29 is 13.6 Å². The van der Waals surface area contributed by atoms with E-state index in [2.05, 4.69) is 0 Å². The quantitative estimate of drug-likeness (QED) is 0.567. The number of hydrogen-bond donors (Lipinski definition) is 0. The van der Waals surface area contributed by atoms with E-state index in [1.165, 1.54) is 0 Å². The number of halogens is 3. The molecule has 100 valence electrons. The van der Waals surface area contributed by atoms with E-state index in [1.54, 1.807) is 0 Å². The summed E-state index contributed by atoms with van der Waals surface area (Å²) in [6.07, 6.45) is 0.258. The first-order valence-corrected chi connectivity index (χ1v) is 6.18. The number of hydrogen-bond acceptors (Lipinski definition) is 1. The first kappa shape index (κ1) is 15.1. The van der Waals surface area contributed by atoms with Gasteiger partial charge in [-0.25, -0.2) is 8.78 Å². The second-order valence-electron chi connectivity index (χ2n) is 5.64. The fourth-order valence-corrected chi connectivity index (χ4v) is 1.69. The molecule has 18 heavy (non-hydrogen) atoms. The van der Waals surface area contributed by atoms with Crippen LogP contribution in [0, 0.1) is 23.0 Å². The van der Waals surface area contributed by atoms with Gasteiger partial charge in [-0.3, -0.25) is 4.79 Å². The molecule has 1 aromatic rings. The molecule has 0 heterocycles. The zero-order chi connectivity index (χ0) is 14.1. The lowest BCUT2D eigenvalue weighted by Gasteiger charge is -2.26. The van der Waals surface area contributed by atoms with Crippen molar-refractivity contribution >= 4 is 17.4 Å². The first-order chi connectivity index (χ1) is 8.12. The van der Waals surface area contributed by atoms with Crippen LogP contribution in [0.2, 0.25) is 5.02 Å². The first-order valence-electron chi connectivity index (χ1n) is 5.80. The molecule has 1 aromatic carbocycles. The maximum absolute atomic E-state index is 13.1. The van der Waals surface area contributed by atoms with Gasteiger partial charge in [-0.1, -0.05) is 39.3 Å². The van der Waals surface area contributed by atoms with Crippen molar-refractivity contribution in [1.82, 2.24) is 0 Å². The van der Waals surface area contributed by atoms with Gasteiger partial charge in [-0.05, 0) is 23.5 Å². The highest BCUT2D eigenvalue weighted by Gasteiger charge is 2.24. The van der Waals surface area contributed by atoms with E-state index in [-0.39, 0.29) is 34.1 Å². The van der Waals surface area contributed by atoms with Crippen LogP contribution in [0.15, 0.2) is 12.1 Å². The number of rotatable bonds is 3. The Hall–Kier alpha value is -0.960. The molecular weight excluding hydrogens is 258 g/mol. The minimum Gasteiger partial charge on any atom is -0.294 e. The third-order valence-electron chi connectivity index (χ3n) is 3.28. The van der Waals surface area contributed by atoms with Gasteiger partial charge in [0.1, 0.15) is 0 Å². The lowest BCUT2D eigenvalue weighted by Crippen LogP contribution is -2.20. The average molecular weight is 275 g/mol. The largest absolute Gasteiger partial charge is 0.294 e. The van der Waals surface area contributed by atoms with E-state index >= 15 is 0 Å². The number of ketones is 1. The van der Waals surface area contributed by atoms with E-state index < -0.39 is 11.6 Å². The third-order valence-corrected chi connectivity index (χ3v) is 3.59. The molecule has 0 bridgehead atoms. The van der Waals surface area contributed by atoms with Crippen LogP contribution in [0.5, 0.6) is 0 Å². The molecule has 0 spiro atoms. The lowest BCUT2D eigenvalue weighted by molar-refractivity contribution is 0.0927. The molecule has 1 nitrogen and oxygen atoms in total. The summed E-state index contributed by atoms with van der Waals surface area (Å²) in [4.78, 5) is 12.0. The smallest absolute Gasteiger partial charge is 0.164 e. The van der Waals surface area contributed by atoms with Gasteiger partial charge in [0, 0.05) is 12.0 Å². The van der Waals surface area contributed by atoms with E-state index in [9.17, 15) is 13.6 Å². The highest BCUT2D eigenvalue weighted by molar-refractivity contribution is 6.34. The SMILES string of the molecule is CC(CC(=O)c1cc(F)c(F)cc1Cl)C(C)(C)C. The molecule has 0 aliphatic rings. The van der Waals surface area contributed by atoms with Crippen LogP contribution in [0.4, 0.5) is 8.78 Å². The molecule has 0 N–H and O–H groups in total. The molecule has 4 heteroatoms. The van der Waals surface area contributed by atoms with E-state index in [0.29, 0.717) is 0 Å². The average Bonchev–Trinajstić information content (AvgIpc) is 2.21. The second-order valence-corrected chi connectivity index (χ2v) is 6.05. The number of Topliss-reactive ketones (excluding diaryl/α,β-unsaturated/α-hetero) is 1. The summed E-state index contributed by atoms with van der Waals surface area (Å²) in [5.74, 6) is -2.23. The van der Waals surface area contributed by atoms with Crippen molar-refractivity contribution in [3.8, 4) is 0 Å². The summed E-state index contributed by atoms with van der Waals surface area (Å²) < 4.78 is 26.0. The van der Waals surface area contributed by atoms with Crippen molar-refractivity contribution in [2.75, 3.05) is 0 Å². The van der Waals surface area contributed by atoms with Crippen LogP contribution >= 0.6 is 11.6 Å². The minimum absolute atomic E-state index is 0.0271. The second kappa shape index (κ2) is 5.35. The van der Waals surface area contributed by atoms with Crippen LogP contribution in [0.3, 0.4) is 0 Å². The van der Waals surface area contributed by atoms with Crippen LogP contribution in [-0.4, -0.2) is 5.78 Å². The van der Waals surface area contributed by atoms with Gasteiger partial charge in [0.05, 0.1) is 5.02 Å². The highest BCUT2D eigenvalue weighted by atomic mass is 35.5. The maximum atomic E-state index is 13.1. The molecule has 0 saturated heterocycles. The topological polar surface area (TPSA) is 17.1 Å². The standard InChI is InChI=1S/C14H17ClF2O/c1-8(14(2,3)4)5-13(18)9-6-11(16)12(17)7-10(9)15/h6-8H,5H2,1-4H3. The molecule has 0 aromatic heterocycles. The Bertz CT molecular complexity index is 464. The van der Waals surface area contributed by atoms with Gasteiger partial charge < -0.3 is 0 Å². The predicted octanol–water partition coefficient (Wildman–Crippen LogP) is 4.87. The fourth-order valence-electron chi connectivity index (χ4n) is 1.43. The van der Waals surface area contributed by atoms with Gasteiger partial charge in [-0.15, -0.1) is 0 Å². The minimum atomic E-state index is -1.05. The Morgan fingerprint density at radius 1 is 1.28 bits per heavy atom. The Kier molecular flexibility index (Phi) is 4.49. The Balaban J connectivity index is 2.95. The van der Waals surface area contributed by atoms with Crippen molar-refractivity contribution in [1.29, 1.82) is 0 Å². The van der Waals surface area contributed by atoms with Gasteiger partial charge in [0.25, 0.3) is 0 Å². The number of benzene rings is 1. The van der Waals surface area contributed by atoms with E-state index in [1.807, 2.05) is 27.7 Å². The molecule has 1 atom stereocenters. The summed E-state index contributed by atoms with van der Waals surface area (Å²) in [6, 6.07) is 1.71. The van der Waals surface area contributed by atoms with Gasteiger partial charge >= 0.3 is 0 Å². The van der Waals surface area contributed by atoms with Crippen LogP contribution in [0.1, 0.15) is 44.5 Å². The van der Waals surface area contributed by atoms with Crippen molar-refractivity contribution in [3.05, 3.63) is 34.4 Å². The molecule has 0 saturated carbocycles. The Morgan fingerprint density at radius 3 is 2.28 bits per heavy atom. The maximum Gasteiger partial charge on any atom is 0.164 e. The summed E-state index contributed by atoms with van der Waals surface area (Å²) in [7, 11) is 0. The molecule has 1 rings (SSSR count). The molecule has 0 aliphatic heterocycles. The number of carbonyl (C=O) groups excluding carboxylic acids is 1.